The Kier molecular flexibility index (Phi) is 9.75. The fourth-order valence-electron chi connectivity index (χ4n) is 5.18. The number of hydrogen-bond donors (Lipinski definition) is 0. The molecule has 3 atom stereocenters. The Labute approximate surface area is 231 Å². The maximum Gasteiger partial charge on any atom is 0.303 e. The van der Waals surface area contributed by atoms with Gasteiger partial charge in [-0.3, -0.25) is 19.7 Å². The summed E-state index contributed by atoms with van der Waals surface area (Å²) < 4.78 is 18.6. The lowest BCUT2D eigenvalue weighted by Gasteiger charge is -2.44. The van der Waals surface area contributed by atoms with Gasteiger partial charge in [-0.2, -0.15) is 0 Å². The van der Waals surface area contributed by atoms with E-state index in [4.69, 9.17) is 14.2 Å². The maximum absolute atomic E-state index is 14.0. The van der Waals surface area contributed by atoms with Gasteiger partial charge < -0.3 is 14.2 Å². The lowest BCUT2D eigenvalue weighted by molar-refractivity contribution is -0.384. The molecule has 1 aliphatic heterocycles. The molecule has 1 aliphatic rings. The van der Waals surface area contributed by atoms with Gasteiger partial charge in [0.05, 0.1) is 10.5 Å². The number of benzene rings is 2. The zero-order chi connectivity index (χ0) is 28.9. The highest BCUT2D eigenvalue weighted by molar-refractivity contribution is 6.06. The predicted molar refractivity (Wildman–Crippen MR) is 150 cm³/mol. The summed E-state index contributed by atoms with van der Waals surface area (Å²) >= 11 is 0. The minimum absolute atomic E-state index is 0.0512. The fraction of sp³-hybridized carbons (Fsp3) is 0.548. The molecule has 0 bridgehead atoms. The Hall–Kier alpha value is -3.42. The summed E-state index contributed by atoms with van der Waals surface area (Å²) in [6.07, 6.45) is 3.28. The number of Topliss-reactive ketones (excluding diaryl/α,β-unsaturated/α-hetero) is 1. The first-order valence-corrected chi connectivity index (χ1v) is 13.7. The standard InChI is InChI=1S/C31H41NO7/c1-19(2)9-8-10-20(3)15-16-31(18-37-26-13-11-25(12-14-26)32(35)36)30(38-24(7)33)28(34)27-22(5)17-21(4)23(6)29(27)39-31/h11-14,17,19-20,30H,8-10,15-16,18H2,1-7H3. The van der Waals surface area contributed by atoms with Crippen molar-refractivity contribution < 1.29 is 28.7 Å². The number of hydrogen-bond acceptors (Lipinski definition) is 7. The van der Waals surface area contributed by atoms with Crippen molar-refractivity contribution >= 4 is 17.4 Å². The number of carbonyl (C=O) groups is 2. The van der Waals surface area contributed by atoms with Gasteiger partial charge in [-0.1, -0.05) is 46.1 Å². The molecule has 3 rings (SSSR count). The minimum Gasteiger partial charge on any atom is -0.489 e. The minimum atomic E-state index is -1.27. The molecule has 0 aliphatic carbocycles. The average Bonchev–Trinajstić information content (AvgIpc) is 2.86. The lowest BCUT2D eigenvalue weighted by atomic mass is 9.79. The molecule has 8 nitrogen and oxygen atoms in total. The molecular formula is C31H41NO7. The number of esters is 1. The van der Waals surface area contributed by atoms with E-state index in [9.17, 15) is 19.7 Å². The highest BCUT2D eigenvalue weighted by atomic mass is 16.6. The number of ketones is 1. The normalized spacial score (nSPS) is 19.3. The summed E-state index contributed by atoms with van der Waals surface area (Å²) in [5.74, 6) is 1.01. The van der Waals surface area contributed by atoms with Crippen LogP contribution < -0.4 is 9.47 Å². The molecule has 2 aromatic rings. The molecular weight excluding hydrogens is 498 g/mol. The molecule has 0 aromatic heterocycles. The number of fused-ring (bicyclic) bond motifs is 1. The summed E-state index contributed by atoms with van der Waals surface area (Å²) in [4.78, 5) is 36.8. The second-order valence-corrected chi connectivity index (χ2v) is 11.4. The van der Waals surface area contributed by atoms with E-state index >= 15 is 0 Å². The lowest BCUT2D eigenvalue weighted by Crippen LogP contribution is -2.60. The Bertz CT molecular complexity index is 1200. The first-order valence-electron chi connectivity index (χ1n) is 13.7. The molecule has 0 amide bonds. The molecule has 0 saturated heterocycles. The SMILES string of the molecule is CC(=O)OC1C(=O)c2c(C)cc(C)c(C)c2OC1(CCC(C)CCCC(C)C)COc1ccc([N+](=O)[O-])cc1. The molecule has 3 unspecified atom stereocenters. The third-order valence-electron chi connectivity index (χ3n) is 7.61. The Balaban J connectivity index is 2.00. The third-order valence-corrected chi connectivity index (χ3v) is 7.61. The van der Waals surface area contributed by atoms with Crippen LogP contribution in [-0.2, 0) is 9.53 Å². The predicted octanol–water partition coefficient (Wildman–Crippen LogP) is 7.09. The van der Waals surface area contributed by atoms with Gasteiger partial charge in [0.25, 0.3) is 5.69 Å². The van der Waals surface area contributed by atoms with Crippen molar-refractivity contribution in [3.8, 4) is 11.5 Å². The molecule has 39 heavy (non-hydrogen) atoms. The van der Waals surface area contributed by atoms with Crippen LogP contribution in [0.1, 0.15) is 86.8 Å². The van der Waals surface area contributed by atoms with Gasteiger partial charge in [-0.05, 0) is 74.3 Å². The number of nitro benzene ring substituents is 1. The summed E-state index contributed by atoms with van der Waals surface area (Å²) in [6, 6.07) is 7.69. The molecule has 1 heterocycles. The zero-order valence-electron chi connectivity index (χ0n) is 24.2. The quantitative estimate of drug-likeness (QED) is 0.161. The van der Waals surface area contributed by atoms with Crippen LogP contribution in [0.15, 0.2) is 30.3 Å². The number of nitrogens with zero attached hydrogens (tertiary/aromatic N) is 1. The summed E-state index contributed by atoms with van der Waals surface area (Å²) in [6.45, 7) is 13.6. The molecule has 0 spiro atoms. The van der Waals surface area contributed by atoms with Gasteiger partial charge in [0.1, 0.15) is 18.1 Å². The van der Waals surface area contributed by atoms with E-state index in [0.717, 1.165) is 42.4 Å². The fourth-order valence-corrected chi connectivity index (χ4v) is 5.18. The topological polar surface area (TPSA) is 105 Å². The van der Waals surface area contributed by atoms with E-state index in [-0.39, 0.29) is 18.1 Å². The molecule has 0 fully saturated rings. The van der Waals surface area contributed by atoms with Crippen molar-refractivity contribution in [1.29, 1.82) is 0 Å². The van der Waals surface area contributed by atoms with Crippen molar-refractivity contribution in [2.24, 2.45) is 11.8 Å². The van der Waals surface area contributed by atoms with Crippen molar-refractivity contribution in [1.82, 2.24) is 0 Å². The molecule has 0 N–H and O–H groups in total. The van der Waals surface area contributed by atoms with Gasteiger partial charge in [0, 0.05) is 19.1 Å². The zero-order valence-corrected chi connectivity index (χ0v) is 24.2. The van der Waals surface area contributed by atoms with Crippen LogP contribution in [0.2, 0.25) is 0 Å². The van der Waals surface area contributed by atoms with E-state index in [1.807, 2.05) is 26.8 Å². The van der Waals surface area contributed by atoms with Crippen LogP contribution >= 0.6 is 0 Å². The Morgan fingerprint density at radius 3 is 2.33 bits per heavy atom. The smallest absolute Gasteiger partial charge is 0.303 e. The Morgan fingerprint density at radius 1 is 1.08 bits per heavy atom. The number of ether oxygens (including phenoxy) is 3. The second-order valence-electron chi connectivity index (χ2n) is 11.4. The van der Waals surface area contributed by atoms with Crippen LogP contribution in [0.5, 0.6) is 11.5 Å². The van der Waals surface area contributed by atoms with Crippen LogP contribution in [0.4, 0.5) is 5.69 Å². The summed E-state index contributed by atoms with van der Waals surface area (Å²) in [5.41, 5.74) is 1.73. The van der Waals surface area contributed by atoms with Crippen molar-refractivity contribution in [3.63, 3.8) is 0 Å². The van der Waals surface area contributed by atoms with Gasteiger partial charge in [0.15, 0.2) is 5.60 Å². The van der Waals surface area contributed by atoms with Gasteiger partial charge in [0.2, 0.25) is 11.9 Å². The van der Waals surface area contributed by atoms with Crippen molar-refractivity contribution in [2.75, 3.05) is 6.61 Å². The summed E-state index contributed by atoms with van der Waals surface area (Å²) in [7, 11) is 0. The van der Waals surface area contributed by atoms with E-state index in [2.05, 4.69) is 20.8 Å². The monoisotopic (exact) mass is 539 g/mol. The van der Waals surface area contributed by atoms with Gasteiger partial charge >= 0.3 is 5.97 Å². The number of aryl methyl sites for hydroxylation is 2. The van der Waals surface area contributed by atoms with Crippen molar-refractivity contribution in [3.05, 3.63) is 62.7 Å². The average molecular weight is 540 g/mol. The van der Waals surface area contributed by atoms with Crippen LogP contribution in [0.25, 0.3) is 0 Å². The van der Waals surface area contributed by atoms with E-state index in [1.54, 1.807) is 0 Å². The summed E-state index contributed by atoms with van der Waals surface area (Å²) in [5, 5.41) is 11.1. The van der Waals surface area contributed by atoms with Crippen LogP contribution in [0.3, 0.4) is 0 Å². The maximum atomic E-state index is 14.0. The molecule has 0 saturated carbocycles. The van der Waals surface area contributed by atoms with E-state index in [1.165, 1.54) is 31.2 Å². The molecule has 212 valence electrons. The first kappa shape index (κ1) is 30.1. The second kappa shape index (κ2) is 12.6. The Morgan fingerprint density at radius 2 is 1.74 bits per heavy atom. The third kappa shape index (κ3) is 7.16. The molecule has 8 heteroatoms. The number of carbonyl (C=O) groups excluding carboxylic acids is 2. The van der Waals surface area contributed by atoms with E-state index in [0.29, 0.717) is 35.3 Å². The molecule has 0 radical (unpaired) electrons. The van der Waals surface area contributed by atoms with Gasteiger partial charge in [-0.25, -0.2) is 0 Å². The van der Waals surface area contributed by atoms with Crippen molar-refractivity contribution in [2.45, 2.75) is 92.3 Å². The first-order chi connectivity index (χ1) is 18.3. The van der Waals surface area contributed by atoms with Gasteiger partial charge in [-0.15, -0.1) is 0 Å². The number of non-ortho nitro benzene ring substituents is 1. The number of rotatable bonds is 12. The van der Waals surface area contributed by atoms with Crippen LogP contribution in [-0.4, -0.2) is 35.0 Å². The molecule has 2 aromatic carbocycles. The highest BCUT2D eigenvalue weighted by Crippen LogP contribution is 2.43. The number of nitro groups is 1. The van der Waals surface area contributed by atoms with E-state index < -0.39 is 22.6 Å². The highest BCUT2D eigenvalue weighted by Gasteiger charge is 2.53. The largest absolute Gasteiger partial charge is 0.489 e. The van der Waals surface area contributed by atoms with Crippen LogP contribution in [0, 0.1) is 42.7 Å².